The number of pyridine rings is 1. The minimum absolute atomic E-state index is 0. The maximum atomic E-state index is 14.4. The number of aromatic nitrogens is 1. The van der Waals surface area contributed by atoms with E-state index in [4.69, 9.17) is 0 Å². The van der Waals surface area contributed by atoms with Gasteiger partial charge in [0.1, 0.15) is 0 Å². The zero-order valence-corrected chi connectivity index (χ0v) is 35.5. The maximum absolute atomic E-state index is 14.4. The van der Waals surface area contributed by atoms with Crippen LogP contribution in [0.2, 0.25) is 0 Å². The van der Waals surface area contributed by atoms with Crippen LogP contribution in [-0.2, 0) is 36.5 Å². The van der Waals surface area contributed by atoms with Gasteiger partial charge in [0.05, 0.1) is 11.3 Å². The molecule has 0 amide bonds. The van der Waals surface area contributed by atoms with E-state index in [2.05, 4.69) is 50.0 Å². The number of allylic oxidation sites excluding steroid dienone is 2. The molecule has 0 unspecified atom stereocenters. The van der Waals surface area contributed by atoms with Crippen molar-refractivity contribution < 1.29 is 43.2 Å². The number of hydrogen-bond acceptors (Lipinski definition) is 3. The first-order valence-electron chi connectivity index (χ1n) is 19.3. The van der Waals surface area contributed by atoms with Crippen LogP contribution in [0.1, 0.15) is 85.3 Å². The van der Waals surface area contributed by atoms with Crippen LogP contribution in [0, 0.1) is 17.9 Å². The molecule has 1 aliphatic carbocycles. The number of fused-ring (bicyclic) bond motifs is 4. The molecule has 0 atom stereocenters. The van der Waals surface area contributed by atoms with E-state index in [-0.39, 0.29) is 54.5 Å². The van der Waals surface area contributed by atoms with E-state index < -0.39 is 11.7 Å². The van der Waals surface area contributed by atoms with Gasteiger partial charge < -0.3 is 5.11 Å². The molecule has 56 heavy (non-hydrogen) atoms. The number of ketones is 1. The fourth-order valence-corrected chi connectivity index (χ4v) is 7.86. The molecule has 0 bridgehead atoms. The summed E-state index contributed by atoms with van der Waals surface area (Å²) in [5, 5.41) is 13.5. The molecule has 293 valence electrons. The van der Waals surface area contributed by atoms with Crippen LogP contribution in [-0.4, -0.2) is 15.9 Å². The van der Waals surface area contributed by atoms with Crippen molar-refractivity contribution in [3.05, 3.63) is 126 Å². The van der Waals surface area contributed by atoms with Crippen molar-refractivity contribution in [2.24, 2.45) is 11.8 Å². The molecule has 0 spiro atoms. The molecular weight excluding hydrogens is 884 g/mol. The summed E-state index contributed by atoms with van der Waals surface area (Å²) in [6, 6.07) is 32.8. The number of aliphatic hydroxyl groups is 1. The Morgan fingerprint density at radius 2 is 1.25 bits per heavy atom. The molecule has 6 aromatic rings. The summed E-state index contributed by atoms with van der Waals surface area (Å²) in [4.78, 5) is 16.1. The third kappa shape index (κ3) is 8.40. The second-order valence-electron chi connectivity index (χ2n) is 15.4. The zero-order valence-electron chi connectivity index (χ0n) is 33.1. The number of aliphatic hydroxyl groups excluding tert-OH is 1. The predicted octanol–water partition coefficient (Wildman–Crippen LogP) is 14.4. The van der Waals surface area contributed by atoms with Crippen molar-refractivity contribution in [3.63, 3.8) is 0 Å². The largest absolute Gasteiger partial charge is 0.512 e. The van der Waals surface area contributed by atoms with Gasteiger partial charge in [-0.15, -0.1) is 29.1 Å². The van der Waals surface area contributed by atoms with Gasteiger partial charge in [-0.25, -0.2) is 0 Å². The van der Waals surface area contributed by atoms with E-state index in [0.717, 1.165) is 81.2 Å². The van der Waals surface area contributed by atoms with Crippen molar-refractivity contribution in [2.75, 3.05) is 0 Å². The number of carbonyl (C=O) groups is 1. The van der Waals surface area contributed by atoms with Crippen LogP contribution in [0.5, 0.6) is 0 Å². The average Bonchev–Trinajstić information content (AvgIpc) is 3.49. The Labute approximate surface area is 342 Å². The van der Waals surface area contributed by atoms with E-state index in [1.165, 1.54) is 6.08 Å². The van der Waals surface area contributed by atoms with Gasteiger partial charge in [-0.2, -0.15) is 13.2 Å². The van der Waals surface area contributed by atoms with Gasteiger partial charge in [0.15, 0.2) is 5.78 Å². The molecule has 1 aliphatic rings. The molecule has 1 aromatic heterocycles. The number of halogens is 3. The van der Waals surface area contributed by atoms with Crippen LogP contribution in [0.4, 0.5) is 13.2 Å². The number of alkyl halides is 3. The monoisotopic (exact) mass is 933 g/mol. The zero-order chi connectivity index (χ0) is 39.7. The molecular formula is C49H49F3IrNO2-. The normalized spacial score (nSPS) is 12.5. The molecule has 0 saturated carbocycles. The second-order valence-corrected chi connectivity index (χ2v) is 15.4. The Hall–Kier alpha value is -4.58. The standard InChI is InChI=1S/C36H25F3N.C13H24O2.Ir/c1-35(2,3)31-18-22(17-21-9-4-5-10-23(21)31)33-19-30(32(20-40-33)36(37,38)39)26-15-16-29-25-12-7-6-11-24(25)27-13-8-14-28(26)34(27)29;1-5-10(6-2)12(14)9-13(15)11(7-3)8-4;/h4-16,18-20H,1-3H3;9-11,14H,5-8H2,1-4H3;/q-1;;/b;12-9-;. The van der Waals surface area contributed by atoms with Gasteiger partial charge in [0.25, 0.3) is 0 Å². The fraction of sp³-hybridized carbons (Fsp3) is 0.306. The molecule has 1 heterocycles. The Kier molecular flexibility index (Phi) is 13.1. The molecule has 0 aliphatic heterocycles. The minimum atomic E-state index is -4.56. The SMILES string of the molecule is CC(C)(C)c1cc(-c2cc(-c3ccc4c5c(cccc35)-c3ccccc3-4)c(C(F)(F)F)cn2)[c-]c2ccccc12.CCC(CC)C(=O)/C=C(\O)C(CC)CC.[Ir]. The summed E-state index contributed by atoms with van der Waals surface area (Å²) in [5.41, 5.74) is 6.29. The fourth-order valence-electron chi connectivity index (χ4n) is 7.86. The Balaban J connectivity index is 0.000000322. The minimum Gasteiger partial charge on any atom is -0.512 e. The van der Waals surface area contributed by atoms with Gasteiger partial charge in [0.2, 0.25) is 0 Å². The molecule has 7 rings (SSSR count). The van der Waals surface area contributed by atoms with Gasteiger partial charge in [-0.1, -0.05) is 138 Å². The van der Waals surface area contributed by atoms with Gasteiger partial charge in [-0.05, 0) is 75.3 Å². The maximum Gasteiger partial charge on any atom is 0.418 e. The number of nitrogens with zero attached hydrogens (tertiary/aromatic N) is 1. The van der Waals surface area contributed by atoms with Gasteiger partial charge >= 0.3 is 6.18 Å². The number of rotatable bonds is 9. The van der Waals surface area contributed by atoms with Crippen molar-refractivity contribution in [3.8, 4) is 44.6 Å². The predicted molar refractivity (Wildman–Crippen MR) is 221 cm³/mol. The summed E-state index contributed by atoms with van der Waals surface area (Å²) < 4.78 is 43.3. The number of carbonyl (C=O) groups excluding carboxylic acids is 1. The summed E-state index contributed by atoms with van der Waals surface area (Å²) in [7, 11) is 0. The molecule has 1 N–H and O–H groups in total. The van der Waals surface area contributed by atoms with Crippen molar-refractivity contribution in [2.45, 2.75) is 85.7 Å². The first-order chi connectivity index (χ1) is 26.2. The molecule has 0 saturated heterocycles. The van der Waals surface area contributed by atoms with Crippen molar-refractivity contribution >= 4 is 27.3 Å². The smallest absolute Gasteiger partial charge is 0.418 e. The van der Waals surface area contributed by atoms with Crippen LogP contribution in [0.3, 0.4) is 0 Å². The first kappa shape index (κ1) is 42.6. The molecule has 3 nitrogen and oxygen atoms in total. The molecule has 0 fully saturated rings. The first-order valence-corrected chi connectivity index (χ1v) is 19.3. The third-order valence-corrected chi connectivity index (χ3v) is 11.0. The van der Waals surface area contributed by atoms with Crippen LogP contribution >= 0.6 is 0 Å². The topological polar surface area (TPSA) is 50.2 Å². The van der Waals surface area contributed by atoms with Crippen LogP contribution < -0.4 is 0 Å². The summed E-state index contributed by atoms with van der Waals surface area (Å²) in [6.07, 6.45) is 1.32. The average molecular weight is 933 g/mol. The van der Waals surface area contributed by atoms with E-state index in [1.807, 2.05) is 94.4 Å². The summed E-state index contributed by atoms with van der Waals surface area (Å²) in [6.45, 7) is 14.5. The van der Waals surface area contributed by atoms with E-state index in [9.17, 15) is 23.1 Å². The number of hydrogen-bond donors (Lipinski definition) is 1. The number of benzene rings is 5. The van der Waals surface area contributed by atoms with E-state index >= 15 is 0 Å². The van der Waals surface area contributed by atoms with Gasteiger partial charge in [-0.3, -0.25) is 9.78 Å². The third-order valence-electron chi connectivity index (χ3n) is 11.0. The Morgan fingerprint density at radius 3 is 1.86 bits per heavy atom. The molecule has 7 heteroatoms. The van der Waals surface area contributed by atoms with Crippen LogP contribution in [0.15, 0.2) is 109 Å². The van der Waals surface area contributed by atoms with Crippen molar-refractivity contribution in [1.29, 1.82) is 0 Å². The van der Waals surface area contributed by atoms with E-state index in [0.29, 0.717) is 16.8 Å². The second kappa shape index (κ2) is 17.3. The van der Waals surface area contributed by atoms with Crippen molar-refractivity contribution in [1.82, 2.24) is 4.98 Å². The van der Waals surface area contributed by atoms with Crippen LogP contribution in [0.25, 0.3) is 66.2 Å². The molecule has 5 aromatic carbocycles. The Bertz CT molecular complexity index is 2370. The van der Waals surface area contributed by atoms with Gasteiger partial charge in [0, 0.05) is 49.9 Å². The Morgan fingerprint density at radius 1 is 0.696 bits per heavy atom. The quantitative estimate of drug-likeness (QED) is 0.0891. The summed E-state index contributed by atoms with van der Waals surface area (Å²) in [5.74, 6) is 0.547. The summed E-state index contributed by atoms with van der Waals surface area (Å²) >= 11 is 0. The molecule has 1 radical (unpaired) electrons. The van der Waals surface area contributed by atoms with E-state index in [1.54, 1.807) is 6.07 Å².